The highest BCUT2D eigenvalue weighted by molar-refractivity contribution is 5.78. The van der Waals surface area contributed by atoms with Gasteiger partial charge in [-0.1, -0.05) is 79.1 Å². The van der Waals surface area contributed by atoms with Crippen molar-refractivity contribution < 1.29 is 4.79 Å². The van der Waals surface area contributed by atoms with Crippen LogP contribution in [0.3, 0.4) is 0 Å². The van der Waals surface area contributed by atoms with E-state index in [1.54, 1.807) is 6.92 Å². The van der Waals surface area contributed by atoms with Gasteiger partial charge >= 0.3 is 0 Å². The summed E-state index contributed by atoms with van der Waals surface area (Å²) in [6.07, 6.45) is 12.6. The molecule has 0 rings (SSSR count). The number of ketones is 1. The summed E-state index contributed by atoms with van der Waals surface area (Å²) in [7, 11) is 0. The maximum absolute atomic E-state index is 11.7. The van der Waals surface area contributed by atoms with Gasteiger partial charge in [-0.05, 0) is 31.6 Å². The maximum Gasteiger partial charge on any atom is 0.132 e. The molecular formula is C19H38O. The van der Waals surface area contributed by atoms with E-state index in [1.807, 2.05) is 0 Å². The number of carbonyl (C=O) groups is 1. The van der Waals surface area contributed by atoms with E-state index < -0.39 is 0 Å². The van der Waals surface area contributed by atoms with E-state index in [-0.39, 0.29) is 0 Å². The van der Waals surface area contributed by atoms with Crippen molar-refractivity contribution in [1.29, 1.82) is 0 Å². The summed E-state index contributed by atoms with van der Waals surface area (Å²) < 4.78 is 0. The van der Waals surface area contributed by atoms with Crippen LogP contribution in [0.1, 0.15) is 98.8 Å². The predicted molar refractivity (Wildman–Crippen MR) is 90.0 cm³/mol. The molecule has 0 aromatic heterocycles. The van der Waals surface area contributed by atoms with Gasteiger partial charge in [-0.2, -0.15) is 0 Å². The molecule has 3 atom stereocenters. The van der Waals surface area contributed by atoms with Gasteiger partial charge in [0.05, 0.1) is 0 Å². The van der Waals surface area contributed by atoms with Crippen LogP contribution < -0.4 is 0 Å². The van der Waals surface area contributed by atoms with E-state index in [4.69, 9.17) is 0 Å². The lowest BCUT2D eigenvalue weighted by molar-refractivity contribution is -0.121. The molecule has 0 fully saturated rings. The molecule has 0 amide bonds. The van der Waals surface area contributed by atoms with Gasteiger partial charge in [0, 0.05) is 5.92 Å². The molecule has 0 aromatic rings. The Morgan fingerprint density at radius 3 is 1.75 bits per heavy atom. The van der Waals surface area contributed by atoms with Gasteiger partial charge in [0.1, 0.15) is 5.78 Å². The molecule has 20 heavy (non-hydrogen) atoms. The number of carbonyl (C=O) groups excluding carboxylic acids is 1. The minimum Gasteiger partial charge on any atom is -0.300 e. The van der Waals surface area contributed by atoms with Crippen LogP contribution in [0.2, 0.25) is 0 Å². The summed E-state index contributed by atoms with van der Waals surface area (Å²) in [6, 6.07) is 0. The van der Waals surface area contributed by atoms with Crippen molar-refractivity contribution in [2.24, 2.45) is 17.8 Å². The normalized spacial score (nSPS) is 15.8. The highest BCUT2D eigenvalue weighted by atomic mass is 16.1. The molecule has 0 heterocycles. The molecular weight excluding hydrogens is 244 g/mol. The van der Waals surface area contributed by atoms with Crippen LogP contribution in [-0.4, -0.2) is 5.78 Å². The Kier molecular flexibility index (Phi) is 12.2. The fraction of sp³-hybridized carbons (Fsp3) is 0.947. The monoisotopic (exact) mass is 282 g/mol. The zero-order chi connectivity index (χ0) is 15.4. The summed E-state index contributed by atoms with van der Waals surface area (Å²) >= 11 is 0. The first-order chi connectivity index (χ1) is 9.51. The third-order valence-corrected chi connectivity index (χ3v) is 4.65. The van der Waals surface area contributed by atoms with Crippen LogP contribution in [-0.2, 0) is 4.79 Å². The van der Waals surface area contributed by atoms with Crippen molar-refractivity contribution in [3.63, 3.8) is 0 Å². The Morgan fingerprint density at radius 1 is 0.750 bits per heavy atom. The van der Waals surface area contributed by atoms with Crippen molar-refractivity contribution in [2.45, 2.75) is 98.8 Å². The third kappa shape index (κ3) is 10.5. The van der Waals surface area contributed by atoms with Gasteiger partial charge in [-0.15, -0.1) is 0 Å². The fourth-order valence-electron chi connectivity index (χ4n) is 3.19. The topological polar surface area (TPSA) is 17.1 Å². The summed E-state index contributed by atoms with van der Waals surface area (Å²) in [5.74, 6) is 2.39. The zero-order valence-electron chi connectivity index (χ0n) is 14.7. The van der Waals surface area contributed by atoms with Crippen LogP contribution in [0.25, 0.3) is 0 Å². The Hall–Kier alpha value is -0.330. The molecule has 0 aliphatic rings. The van der Waals surface area contributed by atoms with Crippen LogP contribution in [0, 0.1) is 17.8 Å². The van der Waals surface area contributed by atoms with E-state index in [0.29, 0.717) is 11.7 Å². The first-order valence-electron chi connectivity index (χ1n) is 9.01. The molecule has 0 radical (unpaired) electrons. The molecule has 0 aromatic carbocycles. The molecule has 0 aliphatic carbocycles. The molecule has 1 nitrogen and oxygen atoms in total. The molecule has 0 bridgehead atoms. The second kappa shape index (κ2) is 12.4. The minimum absolute atomic E-state index is 0.329. The number of rotatable bonds is 13. The summed E-state index contributed by atoms with van der Waals surface area (Å²) in [5.41, 5.74) is 0. The zero-order valence-corrected chi connectivity index (χ0v) is 14.7. The molecule has 0 spiro atoms. The summed E-state index contributed by atoms with van der Waals surface area (Å²) in [5, 5.41) is 0. The van der Waals surface area contributed by atoms with Crippen molar-refractivity contribution in [1.82, 2.24) is 0 Å². The molecule has 0 aliphatic heterocycles. The first-order valence-corrected chi connectivity index (χ1v) is 9.01. The second-order valence-electron chi connectivity index (χ2n) is 6.96. The third-order valence-electron chi connectivity index (χ3n) is 4.65. The summed E-state index contributed by atoms with van der Waals surface area (Å²) in [4.78, 5) is 11.7. The molecule has 1 heteroatoms. The van der Waals surface area contributed by atoms with Crippen LogP contribution >= 0.6 is 0 Å². The van der Waals surface area contributed by atoms with Crippen molar-refractivity contribution in [3.05, 3.63) is 0 Å². The van der Waals surface area contributed by atoms with Crippen molar-refractivity contribution >= 4 is 5.78 Å². The van der Waals surface area contributed by atoms with E-state index in [9.17, 15) is 4.79 Å². The van der Waals surface area contributed by atoms with Crippen molar-refractivity contribution in [3.8, 4) is 0 Å². The lowest BCUT2D eigenvalue weighted by Gasteiger charge is -2.17. The van der Waals surface area contributed by atoms with E-state index in [1.165, 1.54) is 51.4 Å². The summed E-state index contributed by atoms with van der Waals surface area (Å²) in [6.45, 7) is 11.0. The lowest BCUT2D eigenvalue weighted by atomic mass is 9.88. The number of hydrogen-bond acceptors (Lipinski definition) is 1. The predicted octanol–water partition coefficient (Wildman–Crippen LogP) is 6.40. The van der Waals surface area contributed by atoms with Gasteiger partial charge in [0.25, 0.3) is 0 Å². The highest BCUT2D eigenvalue weighted by Crippen LogP contribution is 2.23. The lowest BCUT2D eigenvalue weighted by Crippen LogP contribution is -2.12. The van der Waals surface area contributed by atoms with E-state index >= 15 is 0 Å². The SMILES string of the molecule is CCCC(C)CCCCC(CCC(C)CCC)C(C)=O. The molecule has 0 saturated carbocycles. The smallest absolute Gasteiger partial charge is 0.132 e. The van der Waals surface area contributed by atoms with Crippen LogP contribution in [0.4, 0.5) is 0 Å². The van der Waals surface area contributed by atoms with Crippen LogP contribution in [0.5, 0.6) is 0 Å². The fourth-order valence-corrected chi connectivity index (χ4v) is 3.19. The number of hydrogen-bond donors (Lipinski definition) is 0. The van der Waals surface area contributed by atoms with E-state index in [0.717, 1.165) is 24.7 Å². The average molecular weight is 283 g/mol. The Labute approximate surface area is 127 Å². The molecule has 0 N–H and O–H groups in total. The molecule has 120 valence electrons. The Balaban J connectivity index is 3.83. The van der Waals surface area contributed by atoms with Gasteiger partial charge in [0.2, 0.25) is 0 Å². The number of unbranched alkanes of at least 4 members (excludes halogenated alkanes) is 1. The Bertz CT molecular complexity index is 234. The van der Waals surface area contributed by atoms with Gasteiger partial charge in [-0.25, -0.2) is 0 Å². The Morgan fingerprint density at radius 2 is 1.25 bits per heavy atom. The van der Waals surface area contributed by atoms with Gasteiger partial charge < -0.3 is 0 Å². The largest absolute Gasteiger partial charge is 0.300 e. The quantitative estimate of drug-likeness (QED) is 0.357. The standard InChI is InChI=1S/C19H38O/c1-6-10-16(3)12-8-9-13-19(18(5)20)15-14-17(4)11-7-2/h16-17,19H,6-15H2,1-5H3. The molecule has 0 saturated heterocycles. The van der Waals surface area contributed by atoms with Crippen molar-refractivity contribution in [2.75, 3.05) is 0 Å². The average Bonchev–Trinajstić information content (AvgIpc) is 2.38. The first kappa shape index (κ1) is 19.7. The second-order valence-corrected chi connectivity index (χ2v) is 6.96. The van der Waals surface area contributed by atoms with Gasteiger partial charge in [-0.3, -0.25) is 4.79 Å². The molecule has 3 unspecified atom stereocenters. The van der Waals surface area contributed by atoms with Gasteiger partial charge in [0.15, 0.2) is 0 Å². The number of Topliss-reactive ketones (excluding diaryl/α,β-unsaturated/α-hetero) is 1. The highest BCUT2D eigenvalue weighted by Gasteiger charge is 2.15. The maximum atomic E-state index is 11.7. The van der Waals surface area contributed by atoms with E-state index in [2.05, 4.69) is 27.7 Å². The minimum atomic E-state index is 0.329. The van der Waals surface area contributed by atoms with Crippen LogP contribution in [0.15, 0.2) is 0 Å².